The molecule has 3 aromatic carbocycles. The van der Waals surface area contributed by atoms with Crippen molar-refractivity contribution in [3.63, 3.8) is 0 Å². The number of halogens is 2. The van der Waals surface area contributed by atoms with Gasteiger partial charge in [0.25, 0.3) is 5.91 Å². The zero-order chi connectivity index (χ0) is 19.9. The molecular weight excluding hydrogens is 364 g/mol. The Morgan fingerprint density at radius 2 is 1.39 bits per heavy atom. The predicted molar refractivity (Wildman–Crippen MR) is 104 cm³/mol. The highest BCUT2D eigenvalue weighted by Gasteiger charge is 2.13. The Labute approximate surface area is 160 Å². The molecule has 0 bridgehead atoms. The van der Waals surface area contributed by atoms with Crippen LogP contribution in [0.4, 0.5) is 25.8 Å². The molecule has 0 atom stereocenters. The van der Waals surface area contributed by atoms with Gasteiger partial charge in [-0.15, -0.1) is 0 Å². The molecule has 0 unspecified atom stereocenters. The van der Waals surface area contributed by atoms with E-state index in [1.807, 2.05) is 6.07 Å². The Kier molecular flexibility index (Phi) is 5.96. The van der Waals surface area contributed by atoms with Crippen molar-refractivity contribution < 1.29 is 18.4 Å². The van der Waals surface area contributed by atoms with Crippen molar-refractivity contribution in [3.05, 3.63) is 90.0 Å². The fraction of sp³-hybridized carbons (Fsp3) is 0.0476. The molecule has 0 saturated carbocycles. The Bertz CT molecular complexity index is 974. The highest BCUT2D eigenvalue weighted by molar-refractivity contribution is 6.10. The van der Waals surface area contributed by atoms with Crippen LogP contribution >= 0.6 is 0 Å². The monoisotopic (exact) mass is 381 g/mol. The second kappa shape index (κ2) is 8.77. The maximum atomic E-state index is 13.2. The van der Waals surface area contributed by atoms with E-state index in [1.165, 1.54) is 0 Å². The minimum absolute atomic E-state index is 0.141. The second-order valence-electron chi connectivity index (χ2n) is 5.93. The molecule has 3 aromatic rings. The summed E-state index contributed by atoms with van der Waals surface area (Å²) in [5.74, 6) is -2.33. The summed E-state index contributed by atoms with van der Waals surface area (Å²) in [6, 6.07) is 18.4. The lowest BCUT2D eigenvalue weighted by atomic mass is 10.1. The highest BCUT2D eigenvalue weighted by Crippen LogP contribution is 2.18. The van der Waals surface area contributed by atoms with E-state index in [4.69, 9.17) is 0 Å². The van der Waals surface area contributed by atoms with Gasteiger partial charge in [0.05, 0.1) is 17.8 Å². The zero-order valence-electron chi connectivity index (χ0n) is 14.7. The van der Waals surface area contributed by atoms with Crippen LogP contribution in [0.3, 0.4) is 0 Å². The van der Waals surface area contributed by atoms with Crippen LogP contribution in [-0.2, 0) is 4.79 Å². The molecule has 0 aliphatic heterocycles. The smallest absolute Gasteiger partial charge is 0.257 e. The minimum Gasteiger partial charge on any atom is -0.376 e. The number of carbonyl (C=O) groups is 2. The normalized spacial score (nSPS) is 10.2. The van der Waals surface area contributed by atoms with Gasteiger partial charge in [-0.05, 0) is 36.4 Å². The molecule has 5 nitrogen and oxygen atoms in total. The average molecular weight is 381 g/mol. The quantitative estimate of drug-likeness (QED) is 0.597. The van der Waals surface area contributed by atoms with E-state index in [9.17, 15) is 18.4 Å². The van der Waals surface area contributed by atoms with E-state index < -0.39 is 17.5 Å². The van der Waals surface area contributed by atoms with Crippen LogP contribution in [0.5, 0.6) is 0 Å². The third-order valence-corrected chi connectivity index (χ3v) is 3.79. The lowest BCUT2D eigenvalue weighted by Crippen LogP contribution is -2.24. The van der Waals surface area contributed by atoms with E-state index in [1.54, 1.807) is 48.5 Å². The Morgan fingerprint density at radius 3 is 2.11 bits per heavy atom. The summed E-state index contributed by atoms with van der Waals surface area (Å²) in [4.78, 5) is 24.7. The van der Waals surface area contributed by atoms with Crippen LogP contribution in [0.2, 0.25) is 0 Å². The first kappa shape index (κ1) is 19.0. The largest absolute Gasteiger partial charge is 0.376 e. The predicted octanol–water partition coefficient (Wildman–Crippen LogP) is 4.27. The van der Waals surface area contributed by atoms with E-state index in [-0.39, 0.29) is 23.7 Å². The number of rotatable bonds is 6. The summed E-state index contributed by atoms with van der Waals surface area (Å²) in [7, 11) is 0. The summed E-state index contributed by atoms with van der Waals surface area (Å²) >= 11 is 0. The molecule has 0 aromatic heterocycles. The van der Waals surface area contributed by atoms with Crippen molar-refractivity contribution in [3.8, 4) is 0 Å². The molecule has 0 saturated heterocycles. The van der Waals surface area contributed by atoms with Crippen molar-refractivity contribution in [2.24, 2.45) is 0 Å². The number of carbonyl (C=O) groups excluding carboxylic acids is 2. The molecule has 3 rings (SSSR count). The number of anilines is 3. The van der Waals surface area contributed by atoms with Crippen molar-refractivity contribution in [2.75, 3.05) is 22.5 Å². The van der Waals surface area contributed by atoms with Gasteiger partial charge in [0.2, 0.25) is 5.91 Å². The van der Waals surface area contributed by atoms with E-state index in [0.717, 1.165) is 18.2 Å². The molecule has 0 aliphatic rings. The zero-order valence-corrected chi connectivity index (χ0v) is 14.7. The van der Waals surface area contributed by atoms with Crippen molar-refractivity contribution in [1.29, 1.82) is 0 Å². The second-order valence-corrected chi connectivity index (χ2v) is 5.93. The average Bonchev–Trinajstić information content (AvgIpc) is 2.67. The molecule has 2 amide bonds. The van der Waals surface area contributed by atoms with Crippen LogP contribution in [0.1, 0.15) is 10.4 Å². The molecule has 0 radical (unpaired) electrons. The maximum absolute atomic E-state index is 13.2. The van der Waals surface area contributed by atoms with Crippen LogP contribution < -0.4 is 16.0 Å². The van der Waals surface area contributed by atoms with Crippen molar-refractivity contribution in [2.45, 2.75) is 0 Å². The molecule has 7 heteroatoms. The third-order valence-electron chi connectivity index (χ3n) is 3.79. The fourth-order valence-electron chi connectivity index (χ4n) is 2.54. The van der Waals surface area contributed by atoms with Gasteiger partial charge in [0, 0.05) is 17.4 Å². The summed E-state index contributed by atoms with van der Waals surface area (Å²) < 4.78 is 26.4. The Balaban J connectivity index is 1.65. The number of amides is 2. The van der Waals surface area contributed by atoms with Crippen LogP contribution in [-0.4, -0.2) is 18.4 Å². The summed E-state index contributed by atoms with van der Waals surface area (Å²) in [6.07, 6.45) is 0. The topological polar surface area (TPSA) is 70.2 Å². The first-order valence-electron chi connectivity index (χ1n) is 8.46. The van der Waals surface area contributed by atoms with Crippen molar-refractivity contribution in [1.82, 2.24) is 0 Å². The van der Waals surface area contributed by atoms with Gasteiger partial charge >= 0.3 is 0 Å². The molecule has 0 aliphatic carbocycles. The molecule has 0 heterocycles. The lowest BCUT2D eigenvalue weighted by Gasteiger charge is -2.12. The summed E-state index contributed by atoms with van der Waals surface area (Å²) in [6.45, 7) is -0.225. The van der Waals surface area contributed by atoms with Crippen LogP contribution in [0, 0.1) is 11.6 Å². The minimum atomic E-state index is -0.745. The van der Waals surface area contributed by atoms with Gasteiger partial charge in [-0.25, -0.2) is 8.78 Å². The van der Waals surface area contributed by atoms with Gasteiger partial charge < -0.3 is 16.0 Å². The number of hydrogen-bond acceptors (Lipinski definition) is 3. The maximum Gasteiger partial charge on any atom is 0.257 e. The number of benzene rings is 3. The van der Waals surface area contributed by atoms with Gasteiger partial charge in [0.15, 0.2) is 0 Å². The molecule has 3 N–H and O–H groups in total. The molecule has 0 spiro atoms. The van der Waals surface area contributed by atoms with E-state index >= 15 is 0 Å². The van der Waals surface area contributed by atoms with Crippen LogP contribution in [0.15, 0.2) is 72.8 Å². The van der Waals surface area contributed by atoms with E-state index in [2.05, 4.69) is 16.0 Å². The third kappa shape index (κ3) is 5.14. The van der Waals surface area contributed by atoms with Gasteiger partial charge in [-0.3, -0.25) is 9.59 Å². The van der Waals surface area contributed by atoms with Gasteiger partial charge in [-0.2, -0.15) is 0 Å². The Hall–Kier alpha value is -3.74. The van der Waals surface area contributed by atoms with Crippen LogP contribution in [0.25, 0.3) is 0 Å². The van der Waals surface area contributed by atoms with Gasteiger partial charge in [-0.1, -0.05) is 30.3 Å². The van der Waals surface area contributed by atoms with E-state index in [0.29, 0.717) is 11.4 Å². The molecular formula is C21H17F2N3O2. The van der Waals surface area contributed by atoms with Gasteiger partial charge in [0.1, 0.15) is 11.6 Å². The SMILES string of the molecule is O=C(CNc1cc(F)cc(F)c1)Nc1ccccc1C(=O)Nc1ccccc1. The highest BCUT2D eigenvalue weighted by atomic mass is 19.1. The number of hydrogen-bond donors (Lipinski definition) is 3. The summed E-state index contributed by atoms with van der Waals surface area (Å²) in [5, 5.41) is 8.02. The molecule has 28 heavy (non-hydrogen) atoms. The first-order valence-corrected chi connectivity index (χ1v) is 8.46. The lowest BCUT2D eigenvalue weighted by molar-refractivity contribution is -0.114. The Morgan fingerprint density at radius 1 is 0.750 bits per heavy atom. The molecule has 142 valence electrons. The standard InChI is InChI=1S/C21H17F2N3O2/c22-14-10-15(23)12-17(11-14)24-13-20(27)26-19-9-5-4-8-18(19)21(28)25-16-6-2-1-3-7-16/h1-12,24H,13H2,(H,25,28)(H,26,27). The number of para-hydroxylation sites is 2. The fourth-order valence-corrected chi connectivity index (χ4v) is 2.54. The van der Waals surface area contributed by atoms with Crippen molar-refractivity contribution >= 4 is 28.9 Å². The first-order chi connectivity index (χ1) is 13.5. The molecule has 0 fully saturated rings. The number of nitrogens with one attached hydrogen (secondary N) is 3. The summed E-state index contributed by atoms with van der Waals surface area (Å²) in [5.41, 5.74) is 1.39.